The summed E-state index contributed by atoms with van der Waals surface area (Å²) in [5.41, 5.74) is 1.37. The second-order valence-electron chi connectivity index (χ2n) is 2.85. The maximum atomic E-state index is 13.3. The number of benzene rings is 1. The van der Waals surface area contributed by atoms with Crippen LogP contribution >= 0.6 is 0 Å². The van der Waals surface area contributed by atoms with Crippen molar-refractivity contribution in [2.75, 3.05) is 0 Å². The lowest BCUT2D eigenvalue weighted by atomic mass is 10.1. The van der Waals surface area contributed by atoms with Gasteiger partial charge in [0.25, 0.3) is 0 Å². The van der Waals surface area contributed by atoms with Gasteiger partial charge in [-0.2, -0.15) is 0 Å². The summed E-state index contributed by atoms with van der Waals surface area (Å²) >= 11 is 0. The molecule has 2 heteroatoms. The summed E-state index contributed by atoms with van der Waals surface area (Å²) < 4.78 is 18.5. The lowest BCUT2D eigenvalue weighted by Gasteiger charge is -1.99. The number of hydrogen-bond acceptors (Lipinski definition) is 1. The Balaban J connectivity index is 2.72. The van der Waals surface area contributed by atoms with Crippen LogP contribution in [0.15, 0.2) is 41.5 Å². The van der Waals surface area contributed by atoms with Crippen LogP contribution in [0.2, 0.25) is 0 Å². The molecular formula is C11H9FO. The Labute approximate surface area is 75.5 Å². The molecule has 2 rings (SSSR count). The third kappa shape index (κ3) is 1.24. The van der Waals surface area contributed by atoms with Gasteiger partial charge in [0.05, 0.1) is 6.26 Å². The molecule has 1 heterocycles. The van der Waals surface area contributed by atoms with Crippen molar-refractivity contribution >= 4 is 11.0 Å². The van der Waals surface area contributed by atoms with Crippen molar-refractivity contribution in [2.24, 2.45) is 0 Å². The first-order valence-corrected chi connectivity index (χ1v) is 4.08. The van der Waals surface area contributed by atoms with Crippen molar-refractivity contribution < 1.29 is 8.81 Å². The predicted octanol–water partition coefficient (Wildman–Crippen LogP) is 3.30. The average molecular weight is 176 g/mol. The highest BCUT2D eigenvalue weighted by atomic mass is 19.1. The van der Waals surface area contributed by atoms with E-state index in [-0.39, 0.29) is 5.82 Å². The molecule has 2 aromatic rings. The van der Waals surface area contributed by atoms with Crippen LogP contribution in [0.1, 0.15) is 5.56 Å². The fraction of sp³-hybridized carbons (Fsp3) is 0.0909. The molecule has 0 atom stereocenters. The van der Waals surface area contributed by atoms with Gasteiger partial charge in [-0.1, -0.05) is 6.08 Å². The monoisotopic (exact) mass is 176 g/mol. The highest BCUT2D eigenvalue weighted by Gasteiger charge is 2.07. The summed E-state index contributed by atoms with van der Waals surface area (Å²) in [6.45, 7) is 3.59. The molecule has 1 aromatic heterocycles. The van der Waals surface area contributed by atoms with Crippen molar-refractivity contribution in [2.45, 2.75) is 6.42 Å². The molecular weight excluding hydrogens is 167 g/mol. The van der Waals surface area contributed by atoms with Crippen molar-refractivity contribution in [3.63, 3.8) is 0 Å². The maximum Gasteiger partial charge on any atom is 0.134 e. The molecule has 0 aliphatic rings. The van der Waals surface area contributed by atoms with Gasteiger partial charge in [0.1, 0.15) is 11.4 Å². The largest absolute Gasteiger partial charge is 0.464 e. The fourth-order valence-corrected chi connectivity index (χ4v) is 1.43. The SMILES string of the molecule is C=CCc1c(F)ccc2occc12. The first-order valence-electron chi connectivity index (χ1n) is 4.08. The van der Waals surface area contributed by atoms with Crippen LogP contribution in [0.5, 0.6) is 0 Å². The van der Waals surface area contributed by atoms with E-state index in [1.807, 2.05) is 0 Å². The third-order valence-electron chi connectivity index (χ3n) is 2.04. The van der Waals surface area contributed by atoms with E-state index in [2.05, 4.69) is 6.58 Å². The van der Waals surface area contributed by atoms with Gasteiger partial charge in [0.2, 0.25) is 0 Å². The zero-order valence-electron chi connectivity index (χ0n) is 7.09. The lowest BCUT2D eigenvalue weighted by Crippen LogP contribution is -1.87. The third-order valence-corrected chi connectivity index (χ3v) is 2.04. The van der Waals surface area contributed by atoms with Gasteiger partial charge < -0.3 is 4.42 Å². The molecule has 0 amide bonds. The first-order chi connectivity index (χ1) is 6.33. The highest BCUT2D eigenvalue weighted by Crippen LogP contribution is 2.23. The summed E-state index contributed by atoms with van der Waals surface area (Å²) in [6, 6.07) is 4.83. The minimum atomic E-state index is -0.200. The Morgan fingerprint density at radius 3 is 3.00 bits per heavy atom. The smallest absolute Gasteiger partial charge is 0.134 e. The first kappa shape index (κ1) is 8.05. The molecule has 0 saturated carbocycles. The van der Waals surface area contributed by atoms with E-state index in [4.69, 9.17) is 4.42 Å². The van der Waals surface area contributed by atoms with Crippen LogP contribution < -0.4 is 0 Å². The standard InChI is InChI=1S/C11H9FO/c1-2-3-8-9-6-7-13-11(9)5-4-10(8)12/h2,4-7H,1,3H2. The highest BCUT2D eigenvalue weighted by molar-refractivity contribution is 5.81. The van der Waals surface area contributed by atoms with E-state index in [9.17, 15) is 4.39 Å². The van der Waals surface area contributed by atoms with Crippen LogP contribution in [0.3, 0.4) is 0 Å². The molecule has 1 nitrogen and oxygen atoms in total. The molecule has 0 saturated heterocycles. The predicted molar refractivity (Wildman–Crippen MR) is 50.1 cm³/mol. The van der Waals surface area contributed by atoms with Crippen molar-refractivity contribution in [1.82, 2.24) is 0 Å². The molecule has 0 fully saturated rings. The van der Waals surface area contributed by atoms with Gasteiger partial charge in [-0.25, -0.2) is 4.39 Å². The molecule has 0 radical (unpaired) electrons. The minimum absolute atomic E-state index is 0.200. The summed E-state index contributed by atoms with van der Waals surface area (Å²) in [7, 11) is 0. The van der Waals surface area contributed by atoms with E-state index in [0.717, 1.165) is 11.0 Å². The van der Waals surface area contributed by atoms with E-state index in [1.54, 1.807) is 24.5 Å². The molecule has 0 unspecified atom stereocenters. The summed E-state index contributed by atoms with van der Waals surface area (Å²) in [5.74, 6) is -0.200. The summed E-state index contributed by atoms with van der Waals surface area (Å²) in [4.78, 5) is 0. The van der Waals surface area contributed by atoms with Gasteiger partial charge in [-0.3, -0.25) is 0 Å². The Kier molecular flexibility index (Phi) is 1.89. The van der Waals surface area contributed by atoms with Crippen molar-refractivity contribution in [1.29, 1.82) is 0 Å². The number of furan rings is 1. The van der Waals surface area contributed by atoms with Crippen molar-refractivity contribution in [3.8, 4) is 0 Å². The Morgan fingerprint density at radius 2 is 2.23 bits per heavy atom. The minimum Gasteiger partial charge on any atom is -0.464 e. The maximum absolute atomic E-state index is 13.3. The number of allylic oxidation sites excluding steroid dienone is 1. The van der Waals surface area contributed by atoms with Gasteiger partial charge in [-0.15, -0.1) is 6.58 Å². The molecule has 66 valence electrons. The zero-order chi connectivity index (χ0) is 9.26. The van der Waals surface area contributed by atoms with Gasteiger partial charge in [-0.05, 0) is 24.6 Å². The summed E-state index contributed by atoms with van der Waals surface area (Å²) in [5, 5.41) is 0.833. The Hall–Kier alpha value is -1.57. The van der Waals surface area contributed by atoms with Gasteiger partial charge in [0, 0.05) is 10.9 Å². The molecule has 1 aromatic carbocycles. The van der Waals surface area contributed by atoms with E-state index in [0.29, 0.717) is 12.0 Å². The topological polar surface area (TPSA) is 13.1 Å². The van der Waals surface area contributed by atoms with Crippen LogP contribution in [-0.2, 0) is 6.42 Å². The Morgan fingerprint density at radius 1 is 1.38 bits per heavy atom. The van der Waals surface area contributed by atoms with E-state index in [1.165, 1.54) is 6.07 Å². The van der Waals surface area contributed by atoms with Crippen LogP contribution in [0.4, 0.5) is 4.39 Å². The fourth-order valence-electron chi connectivity index (χ4n) is 1.43. The van der Waals surface area contributed by atoms with Gasteiger partial charge in [0.15, 0.2) is 0 Å². The van der Waals surface area contributed by atoms with Crippen LogP contribution in [0.25, 0.3) is 11.0 Å². The molecule has 13 heavy (non-hydrogen) atoms. The van der Waals surface area contributed by atoms with E-state index < -0.39 is 0 Å². The number of rotatable bonds is 2. The molecule has 0 spiro atoms. The number of fused-ring (bicyclic) bond motifs is 1. The second kappa shape index (κ2) is 3.05. The molecule has 0 aliphatic heterocycles. The molecule has 0 bridgehead atoms. The number of hydrogen-bond donors (Lipinski definition) is 0. The quantitative estimate of drug-likeness (QED) is 0.640. The van der Waals surface area contributed by atoms with Crippen LogP contribution in [0, 0.1) is 5.82 Å². The number of halogens is 1. The summed E-state index contributed by atoms with van der Waals surface area (Å²) in [6.07, 6.45) is 3.78. The normalized spacial score (nSPS) is 10.5. The Bertz CT molecular complexity index is 442. The van der Waals surface area contributed by atoms with Crippen LogP contribution in [-0.4, -0.2) is 0 Å². The van der Waals surface area contributed by atoms with Gasteiger partial charge >= 0.3 is 0 Å². The molecule has 0 aliphatic carbocycles. The lowest BCUT2D eigenvalue weighted by molar-refractivity contribution is 0.604. The molecule has 0 N–H and O–H groups in total. The van der Waals surface area contributed by atoms with E-state index >= 15 is 0 Å². The van der Waals surface area contributed by atoms with Crippen molar-refractivity contribution in [3.05, 3.63) is 48.5 Å². The second-order valence-corrected chi connectivity index (χ2v) is 2.85. The average Bonchev–Trinajstić information content (AvgIpc) is 2.58. The zero-order valence-corrected chi connectivity index (χ0v) is 7.09.